The van der Waals surface area contributed by atoms with Gasteiger partial charge in [-0.2, -0.15) is 0 Å². The van der Waals surface area contributed by atoms with E-state index in [4.69, 9.17) is 11.6 Å². The topological polar surface area (TPSA) is 55.2 Å². The summed E-state index contributed by atoms with van der Waals surface area (Å²) in [5.74, 6) is -0.794. The Balaban J connectivity index is 3.22. The number of halogens is 2. The lowest BCUT2D eigenvalue weighted by molar-refractivity contribution is -0.384. The molecule has 0 bridgehead atoms. The van der Waals surface area contributed by atoms with Crippen LogP contribution in [-0.2, 0) is 0 Å². The number of nitrogens with zero attached hydrogens (tertiary/aromatic N) is 1. The van der Waals surface area contributed by atoms with Gasteiger partial charge in [-0.05, 0) is 19.9 Å². The Bertz CT molecular complexity index is 396. The molecule has 0 aliphatic rings. The monoisotopic (exact) mass is 232 g/mol. The molecule has 82 valence electrons. The number of rotatable bonds is 3. The van der Waals surface area contributed by atoms with E-state index in [2.05, 4.69) is 5.32 Å². The molecule has 0 amide bonds. The third kappa shape index (κ3) is 2.79. The lowest BCUT2D eigenvalue weighted by Gasteiger charge is -2.10. The normalized spacial score (nSPS) is 10.5. The molecule has 0 atom stereocenters. The first-order chi connectivity index (χ1) is 6.91. The van der Waals surface area contributed by atoms with Crippen LogP contribution in [-0.4, -0.2) is 11.0 Å². The molecule has 4 nitrogen and oxygen atoms in total. The minimum Gasteiger partial charge on any atom is -0.377 e. The molecule has 0 aliphatic heterocycles. The summed E-state index contributed by atoms with van der Waals surface area (Å²) < 4.78 is 13.0. The van der Waals surface area contributed by atoms with Gasteiger partial charge in [-0.1, -0.05) is 11.6 Å². The molecule has 0 spiro atoms. The maximum Gasteiger partial charge on any atom is 0.295 e. The van der Waals surface area contributed by atoms with E-state index in [1.807, 2.05) is 13.8 Å². The summed E-state index contributed by atoms with van der Waals surface area (Å²) >= 11 is 5.54. The number of hydrogen-bond acceptors (Lipinski definition) is 3. The maximum atomic E-state index is 13.0. The van der Waals surface area contributed by atoms with Crippen LogP contribution in [0.4, 0.5) is 15.8 Å². The highest BCUT2D eigenvalue weighted by Gasteiger charge is 2.18. The summed E-state index contributed by atoms with van der Waals surface area (Å²) in [5, 5.41) is 13.3. The van der Waals surface area contributed by atoms with Crippen molar-refractivity contribution in [3.8, 4) is 0 Å². The van der Waals surface area contributed by atoms with E-state index in [0.717, 1.165) is 6.07 Å². The van der Waals surface area contributed by atoms with Crippen LogP contribution in [0.15, 0.2) is 12.1 Å². The molecule has 15 heavy (non-hydrogen) atoms. The molecule has 0 saturated heterocycles. The van der Waals surface area contributed by atoms with Crippen molar-refractivity contribution in [3.05, 3.63) is 33.1 Å². The summed E-state index contributed by atoms with van der Waals surface area (Å²) in [6.45, 7) is 3.64. The van der Waals surface area contributed by atoms with Crippen LogP contribution in [0.3, 0.4) is 0 Å². The van der Waals surface area contributed by atoms with Crippen molar-refractivity contribution >= 4 is 23.0 Å². The highest BCUT2D eigenvalue weighted by molar-refractivity contribution is 6.31. The molecule has 0 unspecified atom stereocenters. The predicted octanol–water partition coefficient (Wildman–Crippen LogP) is 3.21. The molecule has 1 rings (SSSR count). The van der Waals surface area contributed by atoms with E-state index in [-0.39, 0.29) is 22.4 Å². The van der Waals surface area contributed by atoms with Crippen LogP contribution in [0, 0.1) is 15.9 Å². The Kier molecular flexibility index (Phi) is 3.47. The van der Waals surface area contributed by atoms with Crippen LogP contribution < -0.4 is 5.32 Å². The first-order valence-electron chi connectivity index (χ1n) is 4.31. The fourth-order valence-corrected chi connectivity index (χ4v) is 1.28. The Morgan fingerprint density at radius 1 is 1.53 bits per heavy atom. The van der Waals surface area contributed by atoms with Gasteiger partial charge in [0.2, 0.25) is 0 Å². The molecule has 0 fully saturated rings. The first-order valence-corrected chi connectivity index (χ1v) is 4.69. The van der Waals surface area contributed by atoms with Crippen LogP contribution >= 0.6 is 11.6 Å². The van der Waals surface area contributed by atoms with Gasteiger partial charge in [0.25, 0.3) is 5.69 Å². The SMILES string of the molecule is CC(C)Nc1cc(Cl)c(F)cc1[N+](=O)[O-]. The van der Waals surface area contributed by atoms with Crippen molar-refractivity contribution in [1.29, 1.82) is 0 Å². The summed E-state index contributed by atoms with van der Waals surface area (Å²) in [6.07, 6.45) is 0. The molecule has 1 aromatic rings. The van der Waals surface area contributed by atoms with E-state index in [9.17, 15) is 14.5 Å². The number of benzene rings is 1. The van der Waals surface area contributed by atoms with Gasteiger partial charge in [0.05, 0.1) is 16.0 Å². The first kappa shape index (κ1) is 11.7. The Morgan fingerprint density at radius 3 is 2.60 bits per heavy atom. The molecule has 0 radical (unpaired) electrons. The molecule has 1 aromatic carbocycles. The Morgan fingerprint density at radius 2 is 2.13 bits per heavy atom. The average molecular weight is 233 g/mol. The second kappa shape index (κ2) is 4.44. The fourth-order valence-electron chi connectivity index (χ4n) is 1.11. The lowest BCUT2D eigenvalue weighted by atomic mass is 10.2. The summed E-state index contributed by atoms with van der Waals surface area (Å²) in [6, 6.07) is 2.03. The molecule has 0 aliphatic carbocycles. The minimum absolute atomic E-state index is 0.00484. The average Bonchev–Trinajstić information content (AvgIpc) is 2.09. The Hall–Kier alpha value is -1.36. The zero-order valence-electron chi connectivity index (χ0n) is 8.25. The van der Waals surface area contributed by atoms with E-state index < -0.39 is 10.7 Å². The number of nitro groups is 1. The highest BCUT2D eigenvalue weighted by atomic mass is 35.5. The zero-order valence-corrected chi connectivity index (χ0v) is 9.01. The van der Waals surface area contributed by atoms with Gasteiger partial charge in [-0.25, -0.2) is 4.39 Å². The van der Waals surface area contributed by atoms with E-state index in [0.29, 0.717) is 0 Å². The smallest absolute Gasteiger partial charge is 0.295 e. The van der Waals surface area contributed by atoms with Gasteiger partial charge in [-0.3, -0.25) is 10.1 Å². The van der Waals surface area contributed by atoms with E-state index in [1.165, 1.54) is 6.07 Å². The van der Waals surface area contributed by atoms with Crippen LogP contribution in [0.2, 0.25) is 5.02 Å². The Labute approximate surface area is 91.2 Å². The largest absolute Gasteiger partial charge is 0.377 e. The van der Waals surface area contributed by atoms with Crippen LogP contribution in [0.5, 0.6) is 0 Å². The molecular formula is C9H10ClFN2O2. The van der Waals surface area contributed by atoms with Crippen molar-refractivity contribution in [3.63, 3.8) is 0 Å². The maximum absolute atomic E-state index is 13.0. The van der Waals surface area contributed by atoms with Gasteiger partial charge >= 0.3 is 0 Å². The molecule has 0 saturated carbocycles. The molecule has 0 aromatic heterocycles. The van der Waals surface area contributed by atoms with E-state index >= 15 is 0 Å². The summed E-state index contributed by atoms with van der Waals surface area (Å²) in [4.78, 5) is 9.97. The number of hydrogen-bond donors (Lipinski definition) is 1. The summed E-state index contributed by atoms with van der Waals surface area (Å²) in [7, 11) is 0. The quantitative estimate of drug-likeness (QED) is 0.643. The number of anilines is 1. The number of nitrogens with one attached hydrogen (secondary N) is 1. The zero-order chi connectivity index (χ0) is 11.6. The van der Waals surface area contributed by atoms with Crippen molar-refractivity contribution in [1.82, 2.24) is 0 Å². The second-order valence-electron chi connectivity index (χ2n) is 3.34. The van der Waals surface area contributed by atoms with Crippen molar-refractivity contribution < 1.29 is 9.31 Å². The van der Waals surface area contributed by atoms with Gasteiger partial charge in [-0.15, -0.1) is 0 Å². The van der Waals surface area contributed by atoms with Gasteiger partial charge < -0.3 is 5.32 Å². The third-order valence-corrected chi connectivity index (χ3v) is 1.97. The minimum atomic E-state index is -0.794. The molecule has 6 heteroatoms. The number of nitro benzene ring substituents is 1. The molecule has 0 heterocycles. The highest BCUT2D eigenvalue weighted by Crippen LogP contribution is 2.30. The van der Waals surface area contributed by atoms with Gasteiger partial charge in [0.1, 0.15) is 11.5 Å². The molecule has 1 N–H and O–H groups in total. The predicted molar refractivity (Wildman–Crippen MR) is 56.8 cm³/mol. The molecular weight excluding hydrogens is 223 g/mol. The van der Waals surface area contributed by atoms with Crippen LogP contribution in [0.25, 0.3) is 0 Å². The second-order valence-corrected chi connectivity index (χ2v) is 3.75. The standard InChI is InChI=1S/C9H10ClFN2O2/c1-5(2)12-8-3-6(10)7(11)4-9(8)13(14)15/h3-5,12H,1-2H3. The van der Waals surface area contributed by atoms with Crippen molar-refractivity contribution in [2.24, 2.45) is 0 Å². The van der Waals surface area contributed by atoms with Gasteiger partial charge in [0, 0.05) is 6.04 Å². The summed E-state index contributed by atoms with van der Waals surface area (Å²) in [5.41, 5.74) is -0.0907. The van der Waals surface area contributed by atoms with Crippen molar-refractivity contribution in [2.75, 3.05) is 5.32 Å². The van der Waals surface area contributed by atoms with Crippen LogP contribution in [0.1, 0.15) is 13.8 Å². The third-order valence-electron chi connectivity index (χ3n) is 1.68. The fraction of sp³-hybridized carbons (Fsp3) is 0.333. The van der Waals surface area contributed by atoms with Gasteiger partial charge in [0.15, 0.2) is 0 Å². The van der Waals surface area contributed by atoms with Crippen molar-refractivity contribution in [2.45, 2.75) is 19.9 Å². The lowest BCUT2D eigenvalue weighted by Crippen LogP contribution is -2.11. The van der Waals surface area contributed by atoms with E-state index in [1.54, 1.807) is 0 Å².